The summed E-state index contributed by atoms with van der Waals surface area (Å²) in [6.45, 7) is 5.00. The monoisotopic (exact) mass is 343 g/mol. The van der Waals surface area contributed by atoms with E-state index in [0.29, 0.717) is 28.9 Å². The molecule has 2 aromatic rings. The molecule has 0 aliphatic heterocycles. The first kappa shape index (κ1) is 16.3. The van der Waals surface area contributed by atoms with Crippen LogP contribution in [0.2, 0.25) is 15.1 Å². The van der Waals surface area contributed by atoms with Crippen molar-refractivity contribution < 1.29 is 4.74 Å². The van der Waals surface area contributed by atoms with E-state index in [9.17, 15) is 0 Å². The standard InChI is InChI=1S/C16H16Cl3NO/c1-3-21-16-13(18)7-11(8-14(16)19)9-20-15-6-4-5-12(17)10(15)2/h4-8,20H,3,9H2,1-2H3. The molecule has 0 aliphatic rings. The van der Waals surface area contributed by atoms with Crippen LogP contribution >= 0.6 is 34.8 Å². The lowest BCUT2D eigenvalue weighted by Crippen LogP contribution is -2.02. The highest BCUT2D eigenvalue weighted by Crippen LogP contribution is 2.34. The molecule has 2 aromatic carbocycles. The van der Waals surface area contributed by atoms with Crippen LogP contribution < -0.4 is 10.1 Å². The van der Waals surface area contributed by atoms with Gasteiger partial charge in [-0.3, -0.25) is 0 Å². The Bertz CT molecular complexity index is 620. The molecule has 0 heterocycles. The summed E-state index contributed by atoms with van der Waals surface area (Å²) >= 11 is 18.5. The zero-order valence-corrected chi connectivity index (χ0v) is 14.1. The number of hydrogen-bond acceptors (Lipinski definition) is 2. The maximum Gasteiger partial charge on any atom is 0.156 e. The Balaban J connectivity index is 2.15. The number of ether oxygens (including phenoxy) is 1. The van der Waals surface area contributed by atoms with Crippen LogP contribution in [0.5, 0.6) is 5.75 Å². The molecule has 0 saturated heterocycles. The normalized spacial score (nSPS) is 10.5. The quantitative estimate of drug-likeness (QED) is 0.722. The van der Waals surface area contributed by atoms with Crippen molar-refractivity contribution in [3.05, 3.63) is 56.5 Å². The minimum absolute atomic E-state index is 0.518. The molecule has 2 nitrogen and oxygen atoms in total. The van der Waals surface area contributed by atoms with Gasteiger partial charge in [-0.25, -0.2) is 0 Å². The summed E-state index contributed by atoms with van der Waals surface area (Å²) in [4.78, 5) is 0. The molecule has 2 rings (SSSR count). The van der Waals surface area contributed by atoms with E-state index in [2.05, 4.69) is 5.32 Å². The second kappa shape index (κ2) is 7.26. The first-order valence-corrected chi connectivity index (χ1v) is 7.76. The topological polar surface area (TPSA) is 21.3 Å². The summed E-state index contributed by atoms with van der Waals surface area (Å²) in [5, 5.41) is 5.11. The molecule has 0 spiro atoms. The van der Waals surface area contributed by atoms with Crippen LogP contribution in [-0.4, -0.2) is 6.61 Å². The Morgan fingerprint density at radius 1 is 1.05 bits per heavy atom. The van der Waals surface area contributed by atoms with Gasteiger partial charge in [0.05, 0.1) is 16.7 Å². The van der Waals surface area contributed by atoms with E-state index in [0.717, 1.165) is 21.8 Å². The maximum atomic E-state index is 6.19. The van der Waals surface area contributed by atoms with Gasteiger partial charge in [0, 0.05) is 17.3 Å². The van der Waals surface area contributed by atoms with Crippen LogP contribution in [0, 0.1) is 6.92 Å². The number of nitrogens with one attached hydrogen (secondary N) is 1. The smallest absolute Gasteiger partial charge is 0.156 e. The van der Waals surface area contributed by atoms with Gasteiger partial charge in [-0.05, 0) is 49.2 Å². The molecule has 0 aliphatic carbocycles. The minimum Gasteiger partial charge on any atom is -0.491 e. The van der Waals surface area contributed by atoms with Gasteiger partial charge in [0.15, 0.2) is 5.75 Å². The van der Waals surface area contributed by atoms with Gasteiger partial charge < -0.3 is 10.1 Å². The minimum atomic E-state index is 0.518. The molecule has 112 valence electrons. The lowest BCUT2D eigenvalue weighted by atomic mass is 10.1. The third-order valence-electron chi connectivity index (χ3n) is 3.10. The van der Waals surface area contributed by atoms with E-state index in [1.807, 2.05) is 44.2 Å². The van der Waals surface area contributed by atoms with Crippen LogP contribution in [0.3, 0.4) is 0 Å². The molecular weight excluding hydrogens is 329 g/mol. The molecular formula is C16H16Cl3NO. The van der Waals surface area contributed by atoms with Crippen molar-refractivity contribution in [2.75, 3.05) is 11.9 Å². The zero-order chi connectivity index (χ0) is 15.4. The fourth-order valence-electron chi connectivity index (χ4n) is 1.99. The van der Waals surface area contributed by atoms with Crippen molar-refractivity contribution in [3.63, 3.8) is 0 Å². The van der Waals surface area contributed by atoms with Crippen molar-refractivity contribution in [1.29, 1.82) is 0 Å². The molecule has 0 unspecified atom stereocenters. The molecule has 1 N–H and O–H groups in total. The van der Waals surface area contributed by atoms with Crippen molar-refractivity contribution in [1.82, 2.24) is 0 Å². The predicted octanol–water partition coefficient (Wildman–Crippen LogP) is 5.97. The van der Waals surface area contributed by atoms with Crippen LogP contribution in [0.15, 0.2) is 30.3 Å². The van der Waals surface area contributed by atoms with Crippen LogP contribution in [0.1, 0.15) is 18.1 Å². The molecule has 0 fully saturated rings. The van der Waals surface area contributed by atoms with Crippen LogP contribution in [0.4, 0.5) is 5.69 Å². The van der Waals surface area contributed by atoms with Gasteiger partial charge in [0.2, 0.25) is 0 Å². The second-order valence-corrected chi connectivity index (χ2v) is 5.81. The van der Waals surface area contributed by atoms with Crippen LogP contribution in [0.25, 0.3) is 0 Å². The van der Waals surface area contributed by atoms with Gasteiger partial charge in [0.25, 0.3) is 0 Å². The average molecular weight is 345 g/mol. The molecule has 0 saturated carbocycles. The zero-order valence-electron chi connectivity index (χ0n) is 11.8. The Kier molecular flexibility index (Phi) is 5.63. The number of halogens is 3. The average Bonchev–Trinajstić information content (AvgIpc) is 2.44. The summed E-state index contributed by atoms with van der Waals surface area (Å²) in [6, 6.07) is 9.47. The van der Waals surface area contributed by atoms with Gasteiger partial charge in [0.1, 0.15) is 0 Å². The Morgan fingerprint density at radius 2 is 1.71 bits per heavy atom. The fraction of sp³-hybridized carbons (Fsp3) is 0.250. The molecule has 0 aromatic heterocycles. The van der Waals surface area contributed by atoms with E-state index < -0.39 is 0 Å². The Morgan fingerprint density at radius 3 is 2.33 bits per heavy atom. The molecule has 0 amide bonds. The highest BCUT2D eigenvalue weighted by molar-refractivity contribution is 6.37. The SMILES string of the molecule is CCOc1c(Cl)cc(CNc2cccc(Cl)c2C)cc1Cl. The maximum absolute atomic E-state index is 6.19. The van der Waals surface area contributed by atoms with Gasteiger partial charge >= 0.3 is 0 Å². The summed E-state index contributed by atoms with van der Waals surface area (Å²) in [7, 11) is 0. The van der Waals surface area contributed by atoms with Crippen molar-refractivity contribution >= 4 is 40.5 Å². The Labute approximate surface area is 140 Å². The highest BCUT2D eigenvalue weighted by atomic mass is 35.5. The van der Waals surface area contributed by atoms with E-state index in [4.69, 9.17) is 39.5 Å². The van der Waals surface area contributed by atoms with Crippen LogP contribution in [-0.2, 0) is 6.54 Å². The fourth-order valence-corrected chi connectivity index (χ4v) is 2.81. The number of anilines is 1. The first-order valence-electron chi connectivity index (χ1n) is 6.62. The molecule has 0 atom stereocenters. The second-order valence-electron chi connectivity index (χ2n) is 4.59. The van der Waals surface area contributed by atoms with Gasteiger partial charge in [-0.1, -0.05) is 40.9 Å². The van der Waals surface area contributed by atoms with Crippen molar-refractivity contribution in [2.24, 2.45) is 0 Å². The number of hydrogen-bond donors (Lipinski definition) is 1. The molecule has 21 heavy (non-hydrogen) atoms. The lowest BCUT2D eigenvalue weighted by molar-refractivity contribution is 0.340. The summed E-state index contributed by atoms with van der Waals surface area (Å²) in [5.74, 6) is 0.531. The predicted molar refractivity (Wildman–Crippen MR) is 91.1 cm³/mol. The van der Waals surface area contributed by atoms with Gasteiger partial charge in [-0.15, -0.1) is 0 Å². The lowest BCUT2D eigenvalue weighted by Gasteiger charge is -2.13. The summed E-state index contributed by atoms with van der Waals surface area (Å²) < 4.78 is 5.42. The van der Waals surface area contributed by atoms with E-state index in [1.54, 1.807) is 0 Å². The molecule has 0 bridgehead atoms. The Hall–Kier alpha value is -1.09. The van der Waals surface area contributed by atoms with Gasteiger partial charge in [-0.2, -0.15) is 0 Å². The van der Waals surface area contributed by atoms with Crippen molar-refractivity contribution in [3.8, 4) is 5.75 Å². The first-order chi connectivity index (χ1) is 10.0. The number of benzene rings is 2. The van der Waals surface area contributed by atoms with E-state index >= 15 is 0 Å². The summed E-state index contributed by atoms with van der Waals surface area (Å²) in [6.07, 6.45) is 0. The molecule has 5 heteroatoms. The number of rotatable bonds is 5. The highest BCUT2D eigenvalue weighted by Gasteiger charge is 2.09. The summed E-state index contributed by atoms with van der Waals surface area (Å²) in [5.41, 5.74) is 2.98. The third-order valence-corrected chi connectivity index (χ3v) is 4.07. The third kappa shape index (κ3) is 3.97. The van der Waals surface area contributed by atoms with E-state index in [-0.39, 0.29) is 0 Å². The molecule has 0 radical (unpaired) electrons. The van der Waals surface area contributed by atoms with Crippen molar-refractivity contribution in [2.45, 2.75) is 20.4 Å². The largest absolute Gasteiger partial charge is 0.491 e. The van der Waals surface area contributed by atoms with E-state index in [1.165, 1.54) is 0 Å².